The molecule has 4 nitrogen and oxygen atoms in total. The summed E-state index contributed by atoms with van der Waals surface area (Å²) in [5.74, 6) is 0.0144. The van der Waals surface area contributed by atoms with Crippen molar-refractivity contribution >= 4 is 5.91 Å². The van der Waals surface area contributed by atoms with E-state index in [0.717, 1.165) is 13.0 Å². The Hall–Kier alpha value is -1.39. The van der Waals surface area contributed by atoms with Crippen molar-refractivity contribution in [2.24, 2.45) is 0 Å². The minimum atomic E-state index is 0.0144. The number of hydrogen-bond acceptors (Lipinski definition) is 3. The van der Waals surface area contributed by atoms with E-state index in [1.807, 2.05) is 18.7 Å². The molecular weight excluding hydrogens is 276 g/mol. The van der Waals surface area contributed by atoms with Gasteiger partial charge in [-0.1, -0.05) is 25.1 Å². The molecular formula is C18H28N2O2. The summed E-state index contributed by atoms with van der Waals surface area (Å²) >= 11 is 0. The molecule has 4 heteroatoms. The third-order valence-corrected chi connectivity index (χ3v) is 4.48. The van der Waals surface area contributed by atoms with E-state index in [4.69, 9.17) is 5.11 Å². The second-order valence-electron chi connectivity index (χ2n) is 6.12. The smallest absolute Gasteiger partial charge is 0.234 e. The fourth-order valence-corrected chi connectivity index (χ4v) is 3.09. The molecule has 1 aliphatic rings. The number of nitrogens with one attached hydrogen (secondary N) is 1. The van der Waals surface area contributed by atoms with Gasteiger partial charge in [-0.15, -0.1) is 0 Å². The molecule has 0 aromatic heterocycles. The molecule has 1 aromatic rings. The lowest BCUT2D eigenvalue weighted by Gasteiger charge is -2.22. The van der Waals surface area contributed by atoms with Crippen LogP contribution in [0.1, 0.15) is 49.4 Å². The Labute approximate surface area is 133 Å². The first-order valence-corrected chi connectivity index (χ1v) is 8.38. The van der Waals surface area contributed by atoms with Gasteiger partial charge in [0.2, 0.25) is 5.91 Å². The summed E-state index contributed by atoms with van der Waals surface area (Å²) < 4.78 is 0. The van der Waals surface area contributed by atoms with Crippen molar-refractivity contribution in [2.45, 2.75) is 45.6 Å². The van der Waals surface area contributed by atoms with Gasteiger partial charge in [-0.05, 0) is 55.8 Å². The highest BCUT2D eigenvalue weighted by molar-refractivity contribution is 5.78. The van der Waals surface area contributed by atoms with Crippen LogP contribution in [0.3, 0.4) is 0 Å². The molecule has 0 radical (unpaired) electrons. The average Bonchev–Trinajstić information content (AvgIpc) is 2.53. The van der Waals surface area contributed by atoms with Gasteiger partial charge in [-0.2, -0.15) is 0 Å². The Morgan fingerprint density at radius 1 is 1.32 bits per heavy atom. The van der Waals surface area contributed by atoms with Gasteiger partial charge in [0.15, 0.2) is 0 Å². The monoisotopic (exact) mass is 304 g/mol. The first-order chi connectivity index (χ1) is 10.6. The first-order valence-electron chi connectivity index (χ1n) is 8.38. The molecule has 2 N–H and O–H groups in total. The molecule has 0 fully saturated rings. The first kappa shape index (κ1) is 17.0. The summed E-state index contributed by atoms with van der Waals surface area (Å²) in [6, 6.07) is 6.63. The normalized spacial score (nSPS) is 15.5. The standard InChI is InChI=1S/C18H28N2O2/c1-3-20(10-11-21)13-18(22)19-14(2)16-9-8-15-6-4-5-7-17(15)12-16/h8-9,12,14,21H,3-7,10-11,13H2,1-2H3,(H,19,22). The Bertz CT molecular complexity index is 502. The number of rotatable bonds is 7. The van der Waals surface area contributed by atoms with Crippen molar-refractivity contribution in [3.63, 3.8) is 0 Å². The van der Waals surface area contributed by atoms with Crippen molar-refractivity contribution in [3.05, 3.63) is 34.9 Å². The Morgan fingerprint density at radius 2 is 2.05 bits per heavy atom. The molecule has 0 spiro atoms. The summed E-state index contributed by atoms with van der Waals surface area (Å²) in [5.41, 5.74) is 4.09. The van der Waals surface area contributed by atoms with Gasteiger partial charge in [0.25, 0.3) is 0 Å². The summed E-state index contributed by atoms with van der Waals surface area (Å²) in [7, 11) is 0. The summed E-state index contributed by atoms with van der Waals surface area (Å²) in [6.07, 6.45) is 4.90. The van der Waals surface area contributed by atoms with Gasteiger partial charge in [0, 0.05) is 6.54 Å². The second kappa shape index (κ2) is 8.30. The number of hydrogen-bond donors (Lipinski definition) is 2. The molecule has 1 aromatic carbocycles. The quantitative estimate of drug-likeness (QED) is 0.811. The van der Waals surface area contributed by atoms with Crippen molar-refractivity contribution in [2.75, 3.05) is 26.2 Å². The number of benzene rings is 1. The molecule has 0 bridgehead atoms. The van der Waals surface area contributed by atoms with Crippen LogP contribution < -0.4 is 5.32 Å². The lowest BCUT2D eigenvalue weighted by molar-refractivity contribution is -0.122. The topological polar surface area (TPSA) is 52.6 Å². The van der Waals surface area contributed by atoms with Crippen LogP contribution in [0.2, 0.25) is 0 Å². The molecule has 2 rings (SSSR count). The molecule has 0 heterocycles. The summed E-state index contributed by atoms with van der Waals surface area (Å²) in [6.45, 7) is 5.76. The van der Waals surface area contributed by atoms with Crippen LogP contribution in [0.4, 0.5) is 0 Å². The summed E-state index contributed by atoms with van der Waals surface area (Å²) in [5, 5.41) is 12.0. The van der Waals surface area contributed by atoms with E-state index in [1.165, 1.54) is 36.0 Å². The highest BCUT2D eigenvalue weighted by Crippen LogP contribution is 2.24. The molecule has 0 aliphatic heterocycles. The zero-order valence-electron chi connectivity index (χ0n) is 13.8. The number of likely N-dealkylation sites (N-methyl/N-ethyl adjacent to an activating group) is 1. The minimum Gasteiger partial charge on any atom is -0.395 e. The predicted molar refractivity (Wildman–Crippen MR) is 88.8 cm³/mol. The highest BCUT2D eigenvalue weighted by atomic mass is 16.3. The van der Waals surface area contributed by atoms with E-state index in [9.17, 15) is 4.79 Å². The van der Waals surface area contributed by atoms with Gasteiger partial charge in [-0.25, -0.2) is 0 Å². The zero-order valence-corrected chi connectivity index (χ0v) is 13.8. The number of carbonyl (C=O) groups is 1. The van der Waals surface area contributed by atoms with Gasteiger partial charge < -0.3 is 10.4 Å². The lowest BCUT2D eigenvalue weighted by atomic mass is 9.89. The lowest BCUT2D eigenvalue weighted by Crippen LogP contribution is -2.39. The largest absolute Gasteiger partial charge is 0.395 e. The molecule has 1 aliphatic carbocycles. The van der Waals surface area contributed by atoms with Crippen LogP contribution in [0.15, 0.2) is 18.2 Å². The number of aryl methyl sites for hydroxylation is 2. The van der Waals surface area contributed by atoms with E-state index in [1.54, 1.807) is 0 Å². The average molecular weight is 304 g/mol. The van der Waals surface area contributed by atoms with Gasteiger partial charge >= 0.3 is 0 Å². The Kier molecular flexibility index (Phi) is 6.40. The van der Waals surface area contributed by atoms with E-state index >= 15 is 0 Å². The molecule has 1 amide bonds. The molecule has 0 saturated carbocycles. The van der Waals surface area contributed by atoms with E-state index in [0.29, 0.717) is 13.1 Å². The fraction of sp³-hybridized carbons (Fsp3) is 0.611. The van der Waals surface area contributed by atoms with Crippen molar-refractivity contribution in [3.8, 4) is 0 Å². The maximum atomic E-state index is 12.1. The predicted octanol–water partition coefficient (Wildman–Crippen LogP) is 2.06. The molecule has 0 saturated heterocycles. The molecule has 1 atom stereocenters. The molecule has 1 unspecified atom stereocenters. The third-order valence-electron chi connectivity index (χ3n) is 4.48. The van der Waals surface area contributed by atoms with Gasteiger partial charge in [0.05, 0.1) is 19.2 Å². The van der Waals surface area contributed by atoms with Crippen molar-refractivity contribution in [1.29, 1.82) is 0 Å². The van der Waals surface area contributed by atoms with E-state index in [-0.39, 0.29) is 18.6 Å². The Morgan fingerprint density at radius 3 is 2.73 bits per heavy atom. The molecule has 122 valence electrons. The van der Waals surface area contributed by atoms with E-state index in [2.05, 4.69) is 23.5 Å². The number of aliphatic hydroxyl groups is 1. The highest BCUT2D eigenvalue weighted by Gasteiger charge is 2.15. The molecule has 22 heavy (non-hydrogen) atoms. The van der Waals surface area contributed by atoms with Crippen LogP contribution in [0, 0.1) is 0 Å². The third kappa shape index (κ3) is 4.55. The van der Waals surface area contributed by atoms with Crippen LogP contribution in [-0.4, -0.2) is 42.2 Å². The minimum absolute atomic E-state index is 0.0144. The van der Waals surface area contributed by atoms with Crippen LogP contribution >= 0.6 is 0 Å². The fourth-order valence-electron chi connectivity index (χ4n) is 3.09. The maximum absolute atomic E-state index is 12.1. The second-order valence-corrected chi connectivity index (χ2v) is 6.12. The number of aliphatic hydroxyl groups excluding tert-OH is 1. The van der Waals surface area contributed by atoms with Crippen LogP contribution in [0.5, 0.6) is 0 Å². The number of fused-ring (bicyclic) bond motifs is 1. The van der Waals surface area contributed by atoms with Gasteiger partial charge in [0.1, 0.15) is 0 Å². The van der Waals surface area contributed by atoms with Crippen molar-refractivity contribution in [1.82, 2.24) is 10.2 Å². The SMILES string of the molecule is CCN(CCO)CC(=O)NC(C)c1ccc2c(c1)CCCC2. The van der Waals surface area contributed by atoms with Crippen LogP contribution in [-0.2, 0) is 17.6 Å². The van der Waals surface area contributed by atoms with Crippen molar-refractivity contribution < 1.29 is 9.90 Å². The van der Waals surface area contributed by atoms with Crippen LogP contribution in [0.25, 0.3) is 0 Å². The number of amides is 1. The number of nitrogens with zero attached hydrogens (tertiary/aromatic N) is 1. The maximum Gasteiger partial charge on any atom is 0.234 e. The Balaban J connectivity index is 1.93. The zero-order chi connectivity index (χ0) is 15.9. The summed E-state index contributed by atoms with van der Waals surface area (Å²) in [4.78, 5) is 14.1. The van der Waals surface area contributed by atoms with Gasteiger partial charge in [-0.3, -0.25) is 9.69 Å². The van der Waals surface area contributed by atoms with E-state index < -0.39 is 0 Å². The number of carbonyl (C=O) groups excluding carboxylic acids is 1.